The van der Waals surface area contributed by atoms with Gasteiger partial charge in [0.1, 0.15) is 5.60 Å². The minimum absolute atomic E-state index is 0.0910. The van der Waals surface area contributed by atoms with Gasteiger partial charge >= 0.3 is 12.3 Å². The number of alkyl halides is 3. The molecular formula is C12H21F3N2O2. The third-order valence-corrected chi connectivity index (χ3v) is 3.02. The molecule has 1 fully saturated rings. The Hall–Kier alpha value is -0.980. The van der Waals surface area contributed by atoms with Gasteiger partial charge in [0.25, 0.3) is 0 Å². The van der Waals surface area contributed by atoms with Crippen molar-refractivity contribution in [3.63, 3.8) is 0 Å². The zero-order valence-electron chi connectivity index (χ0n) is 11.7. The van der Waals surface area contributed by atoms with Crippen molar-refractivity contribution in [3.05, 3.63) is 0 Å². The molecule has 1 saturated heterocycles. The predicted molar refractivity (Wildman–Crippen MR) is 64.8 cm³/mol. The van der Waals surface area contributed by atoms with Crippen molar-refractivity contribution in [1.29, 1.82) is 0 Å². The predicted octanol–water partition coefficient (Wildman–Crippen LogP) is 2.39. The molecule has 112 valence electrons. The maximum absolute atomic E-state index is 12.7. The number of ether oxygens (including phenoxy) is 1. The molecule has 0 radical (unpaired) electrons. The van der Waals surface area contributed by atoms with Gasteiger partial charge in [0.2, 0.25) is 0 Å². The van der Waals surface area contributed by atoms with Crippen LogP contribution in [0.1, 0.15) is 27.2 Å². The van der Waals surface area contributed by atoms with Crippen LogP contribution in [0.25, 0.3) is 0 Å². The SMILES string of the molecule is CN(C(=O)OC(C)(C)C)[C@@H]1CNC[C@@H](C(F)(F)F)C1. The molecule has 0 bridgehead atoms. The van der Waals surface area contributed by atoms with Crippen molar-refractivity contribution in [2.45, 2.75) is 45.0 Å². The molecule has 1 aliphatic heterocycles. The lowest BCUT2D eigenvalue weighted by atomic mass is 9.94. The van der Waals surface area contributed by atoms with E-state index in [2.05, 4.69) is 5.32 Å². The van der Waals surface area contributed by atoms with Crippen LogP contribution in [0.4, 0.5) is 18.0 Å². The highest BCUT2D eigenvalue weighted by atomic mass is 19.4. The summed E-state index contributed by atoms with van der Waals surface area (Å²) in [6.07, 6.45) is -4.92. The third-order valence-electron chi connectivity index (χ3n) is 3.02. The van der Waals surface area contributed by atoms with E-state index in [0.717, 1.165) is 0 Å². The minimum atomic E-state index is -4.24. The molecule has 1 N–H and O–H groups in total. The van der Waals surface area contributed by atoms with Crippen LogP contribution >= 0.6 is 0 Å². The lowest BCUT2D eigenvalue weighted by molar-refractivity contribution is -0.182. The van der Waals surface area contributed by atoms with E-state index >= 15 is 0 Å². The number of carbonyl (C=O) groups excluding carboxylic acids is 1. The summed E-state index contributed by atoms with van der Waals surface area (Å²) in [4.78, 5) is 13.1. The van der Waals surface area contributed by atoms with Crippen LogP contribution in [0.3, 0.4) is 0 Å². The van der Waals surface area contributed by atoms with Crippen LogP contribution < -0.4 is 5.32 Å². The highest BCUT2D eigenvalue weighted by molar-refractivity contribution is 5.68. The first-order chi connectivity index (χ1) is 8.50. The number of likely N-dealkylation sites (N-methyl/N-ethyl adjacent to an activating group) is 1. The molecule has 2 atom stereocenters. The van der Waals surface area contributed by atoms with Gasteiger partial charge in [0, 0.05) is 26.2 Å². The maximum Gasteiger partial charge on any atom is 0.410 e. The van der Waals surface area contributed by atoms with E-state index in [1.807, 2.05) is 0 Å². The smallest absolute Gasteiger partial charge is 0.410 e. The van der Waals surface area contributed by atoms with Gasteiger partial charge in [0.15, 0.2) is 0 Å². The molecule has 0 aromatic rings. The number of hydrogen-bond donors (Lipinski definition) is 1. The normalized spacial score (nSPS) is 25.0. The van der Waals surface area contributed by atoms with E-state index in [-0.39, 0.29) is 13.0 Å². The van der Waals surface area contributed by atoms with Crippen molar-refractivity contribution in [3.8, 4) is 0 Å². The molecule has 1 rings (SSSR count). The number of nitrogens with zero attached hydrogens (tertiary/aromatic N) is 1. The fourth-order valence-corrected chi connectivity index (χ4v) is 1.95. The molecule has 0 spiro atoms. The summed E-state index contributed by atoms with van der Waals surface area (Å²) in [5.74, 6) is -1.42. The Morgan fingerprint density at radius 3 is 2.32 bits per heavy atom. The second-order valence-corrected chi connectivity index (χ2v) is 5.88. The van der Waals surface area contributed by atoms with E-state index in [1.54, 1.807) is 20.8 Å². The molecule has 0 aromatic carbocycles. The fourth-order valence-electron chi connectivity index (χ4n) is 1.95. The summed E-state index contributed by atoms with van der Waals surface area (Å²) in [6.45, 7) is 5.41. The number of carbonyl (C=O) groups is 1. The second kappa shape index (κ2) is 5.56. The van der Waals surface area contributed by atoms with Gasteiger partial charge < -0.3 is 15.0 Å². The number of piperidine rings is 1. The third kappa shape index (κ3) is 4.89. The van der Waals surface area contributed by atoms with Gasteiger partial charge in [-0.15, -0.1) is 0 Å². The molecule has 4 nitrogen and oxygen atoms in total. The van der Waals surface area contributed by atoms with E-state index in [9.17, 15) is 18.0 Å². The largest absolute Gasteiger partial charge is 0.444 e. The average Bonchev–Trinajstić information content (AvgIpc) is 2.24. The Labute approximate surface area is 111 Å². The first kappa shape index (κ1) is 16.1. The van der Waals surface area contributed by atoms with Crippen LogP contribution in [0.15, 0.2) is 0 Å². The molecule has 0 aromatic heterocycles. The Balaban J connectivity index is 2.62. The molecule has 1 amide bonds. The van der Waals surface area contributed by atoms with Crippen molar-refractivity contribution in [1.82, 2.24) is 10.2 Å². The Kier molecular flexibility index (Phi) is 4.71. The molecule has 19 heavy (non-hydrogen) atoms. The summed E-state index contributed by atoms with van der Waals surface area (Å²) in [5, 5.41) is 2.72. The quantitative estimate of drug-likeness (QED) is 0.803. The molecule has 7 heteroatoms. The summed E-state index contributed by atoms with van der Waals surface area (Å²) in [5.41, 5.74) is -0.656. The van der Waals surface area contributed by atoms with Crippen LogP contribution in [-0.4, -0.2) is 48.9 Å². The number of halogens is 3. The van der Waals surface area contributed by atoms with Gasteiger partial charge in [-0.25, -0.2) is 4.79 Å². The van der Waals surface area contributed by atoms with Gasteiger partial charge in [-0.05, 0) is 27.2 Å². The number of nitrogens with one attached hydrogen (secondary N) is 1. The highest BCUT2D eigenvalue weighted by Crippen LogP contribution is 2.32. The Morgan fingerprint density at radius 2 is 1.84 bits per heavy atom. The van der Waals surface area contributed by atoms with E-state index < -0.39 is 29.8 Å². The topological polar surface area (TPSA) is 41.6 Å². The van der Waals surface area contributed by atoms with Crippen LogP contribution in [0.2, 0.25) is 0 Å². The zero-order valence-corrected chi connectivity index (χ0v) is 11.7. The van der Waals surface area contributed by atoms with Crippen molar-refractivity contribution in [2.75, 3.05) is 20.1 Å². The maximum atomic E-state index is 12.7. The summed E-state index contributed by atoms with van der Waals surface area (Å²) in [7, 11) is 1.47. The Morgan fingerprint density at radius 1 is 1.26 bits per heavy atom. The number of hydrogen-bond acceptors (Lipinski definition) is 3. The van der Waals surface area contributed by atoms with Crippen LogP contribution in [-0.2, 0) is 4.74 Å². The number of amides is 1. The monoisotopic (exact) mass is 282 g/mol. The summed E-state index contributed by atoms with van der Waals surface area (Å²) >= 11 is 0. The van der Waals surface area contributed by atoms with Gasteiger partial charge in [-0.1, -0.05) is 0 Å². The van der Waals surface area contributed by atoms with Gasteiger partial charge in [-0.3, -0.25) is 0 Å². The lowest BCUT2D eigenvalue weighted by Crippen LogP contribution is -2.53. The van der Waals surface area contributed by atoms with E-state index in [4.69, 9.17) is 4.74 Å². The molecule has 0 saturated carbocycles. The first-order valence-corrected chi connectivity index (χ1v) is 6.24. The minimum Gasteiger partial charge on any atom is -0.444 e. The van der Waals surface area contributed by atoms with Gasteiger partial charge in [0.05, 0.1) is 5.92 Å². The summed E-state index contributed by atoms with van der Waals surface area (Å²) < 4.78 is 43.2. The Bertz CT molecular complexity index is 326. The molecular weight excluding hydrogens is 261 g/mol. The zero-order chi connectivity index (χ0) is 14.8. The van der Waals surface area contributed by atoms with E-state index in [1.165, 1.54) is 11.9 Å². The molecule has 1 heterocycles. The second-order valence-electron chi connectivity index (χ2n) is 5.88. The van der Waals surface area contributed by atoms with Crippen LogP contribution in [0, 0.1) is 5.92 Å². The summed E-state index contributed by atoms with van der Waals surface area (Å²) in [6, 6.07) is -0.504. The molecule has 0 aliphatic carbocycles. The average molecular weight is 282 g/mol. The lowest BCUT2D eigenvalue weighted by Gasteiger charge is -2.37. The fraction of sp³-hybridized carbons (Fsp3) is 0.917. The van der Waals surface area contributed by atoms with Crippen molar-refractivity contribution >= 4 is 6.09 Å². The van der Waals surface area contributed by atoms with Crippen molar-refractivity contribution in [2.24, 2.45) is 5.92 Å². The molecule has 1 aliphatic rings. The van der Waals surface area contributed by atoms with Crippen LogP contribution in [0.5, 0.6) is 0 Å². The first-order valence-electron chi connectivity index (χ1n) is 6.24. The highest BCUT2D eigenvalue weighted by Gasteiger charge is 2.43. The number of rotatable bonds is 1. The van der Waals surface area contributed by atoms with Crippen molar-refractivity contribution < 1.29 is 22.7 Å². The van der Waals surface area contributed by atoms with Gasteiger partial charge in [-0.2, -0.15) is 13.2 Å². The molecule has 0 unspecified atom stereocenters. The standard InChI is InChI=1S/C12H21F3N2O2/c1-11(2,3)19-10(18)17(4)9-5-8(6-16-7-9)12(13,14)15/h8-9,16H,5-7H2,1-4H3/t8-,9-/m0/s1. The van der Waals surface area contributed by atoms with E-state index in [0.29, 0.717) is 6.54 Å².